The molecule has 0 heterocycles. The van der Waals surface area contributed by atoms with Gasteiger partial charge in [-0.3, -0.25) is 0 Å². The van der Waals surface area contributed by atoms with Crippen LogP contribution in [-0.4, -0.2) is 0 Å². The van der Waals surface area contributed by atoms with Gasteiger partial charge in [-0.05, 0) is 67.6 Å². The predicted molar refractivity (Wildman–Crippen MR) is 163 cm³/mol. The quantitative estimate of drug-likeness (QED) is 0.230. The average Bonchev–Trinajstić information content (AvgIpc) is 3.75. The fraction of sp³-hybridized carbons (Fsp3) is 0.941. The highest BCUT2D eigenvalue weighted by atomic mass is 14.5. The Morgan fingerprint density at radius 2 is 1.06 bits per heavy atom. The summed E-state index contributed by atoms with van der Waals surface area (Å²) in [6.07, 6.45) is 23.3. The van der Waals surface area contributed by atoms with Gasteiger partial charge in [-0.15, -0.1) is 6.58 Å². The lowest BCUT2D eigenvalue weighted by atomic mass is 9.92. The van der Waals surface area contributed by atoms with Crippen LogP contribution in [-0.2, 0) is 0 Å². The number of allylic oxidation sites excluding steroid dienone is 1. The molecule has 0 spiro atoms. The Bertz CT molecular complexity index is 344. The van der Waals surface area contributed by atoms with Gasteiger partial charge in [-0.1, -0.05) is 146 Å². The van der Waals surface area contributed by atoms with E-state index in [1.54, 1.807) is 32.1 Å². The molecule has 2 fully saturated rings. The molecule has 2 atom stereocenters. The van der Waals surface area contributed by atoms with E-state index in [1.807, 2.05) is 6.08 Å². The van der Waals surface area contributed by atoms with Crippen molar-refractivity contribution in [2.75, 3.05) is 0 Å². The Morgan fingerprint density at radius 3 is 1.26 bits per heavy atom. The molecule has 0 aromatic carbocycles. The molecule has 34 heavy (non-hydrogen) atoms. The molecule has 1 unspecified atom stereocenters. The van der Waals surface area contributed by atoms with E-state index in [4.69, 9.17) is 0 Å². The van der Waals surface area contributed by atoms with Crippen LogP contribution in [0.15, 0.2) is 12.7 Å². The average molecular weight is 481 g/mol. The second kappa shape index (κ2) is 29.0. The molecule has 0 saturated heterocycles. The van der Waals surface area contributed by atoms with Crippen LogP contribution in [0, 0.1) is 35.5 Å². The maximum atomic E-state index is 3.76. The smallest absolute Gasteiger partial charge is 0.0239 e. The van der Waals surface area contributed by atoms with Crippen molar-refractivity contribution in [3.8, 4) is 0 Å². The zero-order valence-corrected chi connectivity index (χ0v) is 26.4. The number of hydrogen-bond donors (Lipinski definition) is 0. The molecule has 0 aromatic rings. The maximum absolute atomic E-state index is 3.76. The Hall–Kier alpha value is -0.260. The van der Waals surface area contributed by atoms with E-state index in [-0.39, 0.29) is 0 Å². The molecule has 0 heteroatoms. The Labute approximate surface area is 220 Å². The first-order valence-electron chi connectivity index (χ1n) is 15.9. The third kappa shape index (κ3) is 28.0. The van der Waals surface area contributed by atoms with Crippen molar-refractivity contribution in [2.24, 2.45) is 35.5 Å². The molecule has 0 radical (unpaired) electrons. The second-order valence-corrected chi connectivity index (χ2v) is 11.3. The van der Waals surface area contributed by atoms with E-state index in [9.17, 15) is 0 Å². The molecule has 0 aliphatic heterocycles. The van der Waals surface area contributed by atoms with Gasteiger partial charge < -0.3 is 0 Å². The normalized spacial score (nSPS) is 15.9. The Balaban J connectivity index is -0.000000379. The lowest BCUT2D eigenvalue weighted by molar-refractivity contribution is 0.365. The van der Waals surface area contributed by atoms with Crippen LogP contribution in [0.4, 0.5) is 0 Å². The van der Waals surface area contributed by atoms with Crippen molar-refractivity contribution in [3.63, 3.8) is 0 Å². The fourth-order valence-electron chi connectivity index (χ4n) is 3.94. The highest BCUT2D eigenvalue weighted by Gasteiger charge is 2.40. The highest BCUT2D eigenvalue weighted by Crippen LogP contribution is 2.51. The van der Waals surface area contributed by atoms with Crippen molar-refractivity contribution >= 4 is 0 Å². The minimum atomic E-state index is 0.685. The van der Waals surface area contributed by atoms with Gasteiger partial charge in [0.05, 0.1) is 0 Å². The van der Waals surface area contributed by atoms with Crippen LogP contribution in [0.1, 0.15) is 172 Å². The van der Waals surface area contributed by atoms with Crippen LogP contribution in [0.25, 0.3) is 0 Å². The largest absolute Gasteiger partial charge is 0.103 e. The summed E-state index contributed by atoms with van der Waals surface area (Å²) in [7, 11) is 0. The molecule has 2 aliphatic carbocycles. The molecule has 2 aliphatic rings. The first kappa shape index (κ1) is 38.3. The molecular formula is C34H72. The molecule has 0 bridgehead atoms. The van der Waals surface area contributed by atoms with Crippen molar-refractivity contribution < 1.29 is 0 Å². The number of hydrogen-bond acceptors (Lipinski definition) is 0. The summed E-state index contributed by atoms with van der Waals surface area (Å²) >= 11 is 0. The van der Waals surface area contributed by atoms with Gasteiger partial charge >= 0.3 is 0 Å². The summed E-state index contributed by atoms with van der Waals surface area (Å²) in [4.78, 5) is 0. The van der Waals surface area contributed by atoms with Crippen LogP contribution in [0.5, 0.6) is 0 Å². The van der Waals surface area contributed by atoms with Gasteiger partial charge in [0.2, 0.25) is 0 Å². The SMILES string of the molecule is C=CC(C)[C@H](C)CCC.CCC.CCC(C)CC.CCCCC.CCCCC(C1CC1)C1CC1. The maximum Gasteiger partial charge on any atom is -0.0239 e. The summed E-state index contributed by atoms with van der Waals surface area (Å²) in [5.74, 6) is 5.94. The highest BCUT2D eigenvalue weighted by molar-refractivity contribution is 4.91. The van der Waals surface area contributed by atoms with Gasteiger partial charge in [0.1, 0.15) is 0 Å². The van der Waals surface area contributed by atoms with E-state index >= 15 is 0 Å². The lowest BCUT2D eigenvalue weighted by Crippen LogP contribution is -2.04. The fourth-order valence-corrected chi connectivity index (χ4v) is 3.94. The minimum absolute atomic E-state index is 0.685. The van der Waals surface area contributed by atoms with E-state index in [0.29, 0.717) is 5.92 Å². The van der Waals surface area contributed by atoms with Gasteiger partial charge in [-0.25, -0.2) is 0 Å². The topological polar surface area (TPSA) is 0 Å². The minimum Gasteiger partial charge on any atom is -0.103 e. The predicted octanol–water partition coefficient (Wildman–Crippen LogP) is 12.9. The summed E-state index contributed by atoms with van der Waals surface area (Å²) in [6, 6.07) is 0. The van der Waals surface area contributed by atoms with Crippen molar-refractivity contribution in [1.82, 2.24) is 0 Å². The molecular weight excluding hydrogens is 408 g/mol. The van der Waals surface area contributed by atoms with E-state index in [0.717, 1.165) is 17.8 Å². The number of unbranched alkanes of at least 4 members (excludes halogenated alkanes) is 3. The molecule has 0 aromatic heterocycles. The van der Waals surface area contributed by atoms with Crippen LogP contribution in [0.2, 0.25) is 0 Å². The van der Waals surface area contributed by atoms with Crippen LogP contribution < -0.4 is 0 Å². The van der Waals surface area contributed by atoms with Gasteiger partial charge in [-0.2, -0.15) is 0 Å². The van der Waals surface area contributed by atoms with E-state index < -0.39 is 0 Å². The van der Waals surface area contributed by atoms with Crippen molar-refractivity contribution in [3.05, 3.63) is 12.7 Å². The number of rotatable bonds is 13. The summed E-state index contributed by atoms with van der Waals surface area (Å²) in [5.41, 5.74) is 0. The van der Waals surface area contributed by atoms with Crippen LogP contribution in [0.3, 0.4) is 0 Å². The summed E-state index contributed by atoms with van der Waals surface area (Å²) in [5, 5.41) is 0. The molecule has 2 rings (SSSR count). The first-order valence-corrected chi connectivity index (χ1v) is 15.9. The lowest BCUT2D eigenvalue weighted by Gasteiger charge is -2.13. The van der Waals surface area contributed by atoms with Gasteiger partial charge in [0.15, 0.2) is 0 Å². The third-order valence-electron chi connectivity index (χ3n) is 7.46. The first-order chi connectivity index (χ1) is 16.3. The standard InChI is InChI=1S/C11H20.C9H18.C6H14.C5H12.C3H8/c1-2-3-4-11(9-5-6-9)10-7-8-10;1-5-7-9(4)8(3)6-2;1-4-6(3)5-2;1-3-5-4-2;1-3-2/h9-11H,2-8H2,1H3;6,8-9H,2,5,7H2,1,3-4H3;6H,4-5H2,1-3H3;3-5H2,1-2H3;3H2,1-2H3/t;8?,9-;;;/m.1.../s1. The third-order valence-corrected chi connectivity index (χ3v) is 7.46. The van der Waals surface area contributed by atoms with Crippen molar-refractivity contribution in [2.45, 2.75) is 172 Å². The van der Waals surface area contributed by atoms with Gasteiger partial charge in [0.25, 0.3) is 0 Å². The molecule has 0 N–H and O–H groups in total. The van der Waals surface area contributed by atoms with Gasteiger partial charge in [0, 0.05) is 0 Å². The summed E-state index contributed by atoms with van der Waals surface area (Å²) < 4.78 is 0. The van der Waals surface area contributed by atoms with E-state index in [2.05, 4.69) is 82.7 Å². The Kier molecular flexibility index (Phi) is 32.6. The molecule has 0 amide bonds. The second-order valence-electron chi connectivity index (χ2n) is 11.3. The molecule has 208 valence electrons. The van der Waals surface area contributed by atoms with Crippen LogP contribution >= 0.6 is 0 Å². The van der Waals surface area contributed by atoms with E-state index in [1.165, 1.54) is 76.0 Å². The summed E-state index contributed by atoms with van der Waals surface area (Å²) in [6.45, 7) is 28.2. The molecule has 0 nitrogen and oxygen atoms in total. The monoisotopic (exact) mass is 481 g/mol. The Morgan fingerprint density at radius 1 is 0.647 bits per heavy atom. The zero-order valence-electron chi connectivity index (χ0n) is 26.4. The van der Waals surface area contributed by atoms with Crippen molar-refractivity contribution in [1.29, 1.82) is 0 Å². The zero-order chi connectivity index (χ0) is 26.8. The molecule has 2 saturated carbocycles.